The Bertz CT molecular complexity index is 959. The highest BCUT2D eigenvalue weighted by Gasteiger charge is 2.38. The molecule has 0 heterocycles. The maximum Gasteiger partial charge on any atom is 0.306 e. The van der Waals surface area contributed by atoms with E-state index in [1.807, 2.05) is 0 Å². The lowest BCUT2D eigenvalue weighted by Gasteiger charge is -2.17. The van der Waals surface area contributed by atoms with Crippen LogP contribution in [-0.4, -0.2) is 19.3 Å². The summed E-state index contributed by atoms with van der Waals surface area (Å²) >= 11 is 0. The van der Waals surface area contributed by atoms with Crippen LogP contribution in [0.5, 0.6) is 0 Å². The van der Waals surface area contributed by atoms with E-state index in [9.17, 15) is 48.7 Å². The molecule has 0 aliphatic rings. The Hall–Kier alpha value is -2.99. The van der Waals surface area contributed by atoms with Crippen LogP contribution in [0.2, 0.25) is 0 Å². The summed E-state index contributed by atoms with van der Waals surface area (Å²) in [6.45, 7) is -1.15. The smallest absolute Gasteiger partial charge is 0.306 e. The number of esters is 1. The number of rotatable bonds is 7. The van der Waals surface area contributed by atoms with E-state index >= 15 is 0 Å². The molecule has 0 atom stereocenters. The van der Waals surface area contributed by atoms with Gasteiger partial charge in [-0.05, 0) is 13.3 Å². The first-order valence-corrected chi connectivity index (χ1v) is 8.80. The molecule has 0 saturated carbocycles. The fourth-order valence-corrected chi connectivity index (χ4v) is 2.79. The predicted molar refractivity (Wildman–Crippen MR) is 92.5 cm³/mol. The summed E-state index contributed by atoms with van der Waals surface area (Å²) in [7, 11) is 0. The van der Waals surface area contributed by atoms with Gasteiger partial charge in [0.1, 0.15) is 0 Å². The van der Waals surface area contributed by atoms with E-state index in [-0.39, 0.29) is 19.4 Å². The SMILES string of the molecule is CCOC(=O)CC/C=C/B(c1c(F)c(F)c(F)c(F)c1F)c1c(F)c(F)c(F)c(F)c1F. The van der Waals surface area contributed by atoms with Crippen molar-refractivity contribution in [3.63, 3.8) is 0 Å². The highest BCUT2D eigenvalue weighted by Crippen LogP contribution is 2.21. The van der Waals surface area contributed by atoms with E-state index in [4.69, 9.17) is 0 Å². The Kier molecular flexibility index (Phi) is 7.97. The Balaban J connectivity index is 2.74. The van der Waals surface area contributed by atoms with Crippen molar-refractivity contribution in [1.29, 1.82) is 0 Å². The maximum absolute atomic E-state index is 14.3. The lowest BCUT2D eigenvalue weighted by atomic mass is 9.40. The number of carbonyl (C=O) groups excluding carboxylic acids is 1. The molecule has 13 heteroatoms. The van der Waals surface area contributed by atoms with Crippen molar-refractivity contribution in [3.05, 3.63) is 70.2 Å². The fraction of sp³-hybridized carbons (Fsp3) is 0.211. The summed E-state index contributed by atoms with van der Waals surface area (Å²) in [5.74, 6) is -25.6. The van der Waals surface area contributed by atoms with Crippen molar-refractivity contribution < 1.29 is 53.4 Å². The van der Waals surface area contributed by atoms with E-state index in [1.165, 1.54) is 6.92 Å². The predicted octanol–water partition coefficient (Wildman–Crippen LogP) is 4.13. The van der Waals surface area contributed by atoms with Crippen LogP contribution >= 0.6 is 0 Å². The largest absolute Gasteiger partial charge is 0.466 e. The Morgan fingerprint density at radius 1 is 0.688 bits per heavy atom. The minimum atomic E-state index is -2.63. The molecule has 0 bridgehead atoms. The third-order valence-electron chi connectivity index (χ3n) is 4.26. The van der Waals surface area contributed by atoms with Gasteiger partial charge in [-0.25, -0.2) is 43.9 Å². The Morgan fingerprint density at radius 3 is 1.38 bits per heavy atom. The second-order valence-electron chi connectivity index (χ2n) is 6.22. The summed E-state index contributed by atoms with van der Waals surface area (Å²) in [4.78, 5) is 11.3. The molecular weight excluding hydrogens is 461 g/mol. The molecular formula is C19H11BF10O2. The molecule has 0 fully saturated rings. The molecule has 0 saturated heterocycles. The van der Waals surface area contributed by atoms with E-state index in [2.05, 4.69) is 4.74 Å². The number of hydrogen-bond donors (Lipinski definition) is 0. The van der Waals surface area contributed by atoms with Gasteiger partial charge in [-0.2, -0.15) is 0 Å². The molecule has 0 amide bonds. The summed E-state index contributed by atoms with van der Waals surface area (Å²) in [5.41, 5.74) is -3.70. The van der Waals surface area contributed by atoms with Gasteiger partial charge in [-0.15, -0.1) is 5.98 Å². The van der Waals surface area contributed by atoms with Crippen LogP contribution in [0.25, 0.3) is 0 Å². The third kappa shape index (κ3) is 4.60. The van der Waals surface area contributed by atoms with Gasteiger partial charge in [0.05, 0.1) is 6.61 Å². The zero-order valence-electron chi connectivity index (χ0n) is 15.9. The third-order valence-corrected chi connectivity index (χ3v) is 4.26. The summed E-state index contributed by atoms with van der Waals surface area (Å²) in [5, 5.41) is 0. The van der Waals surface area contributed by atoms with Crippen LogP contribution in [-0.2, 0) is 9.53 Å². The van der Waals surface area contributed by atoms with Crippen molar-refractivity contribution in [2.45, 2.75) is 19.8 Å². The summed E-state index contributed by atoms with van der Waals surface area (Å²) in [6.07, 6.45) is 0.142. The van der Waals surface area contributed by atoms with Gasteiger partial charge in [0.25, 0.3) is 0 Å². The molecule has 0 spiro atoms. The standard InChI is InChI=1S/C19H11BF10O2/c1-2-32-7(31)5-3-4-6-20(8-10(21)14(25)18(29)15(26)11(8)22)9-12(23)16(27)19(30)17(28)13(9)24/h4,6H,2-3,5H2,1H3/b6-4+. The minimum absolute atomic E-state index is 0.000282. The Labute approximate surface area is 174 Å². The molecule has 0 aliphatic heterocycles. The zero-order chi connectivity index (χ0) is 24.3. The van der Waals surface area contributed by atoms with Crippen LogP contribution in [0.15, 0.2) is 12.1 Å². The number of ether oxygens (including phenoxy) is 1. The number of carbonyl (C=O) groups is 1. The van der Waals surface area contributed by atoms with Crippen LogP contribution in [0.3, 0.4) is 0 Å². The molecule has 2 nitrogen and oxygen atoms in total. The lowest BCUT2D eigenvalue weighted by molar-refractivity contribution is -0.143. The topological polar surface area (TPSA) is 26.3 Å². The zero-order valence-corrected chi connectivity index (χ0v) is 15.9. The molecule has 2 aromatic rings. The number of allylic oxidation sites excluding steroid dienone is 1. The van der Waals surface area contributed by atoms with Crippen LogP contribution in [0, 0.1) is 58.2 Å². The van der Waals surface area contributed by atoms with Crippen molar-refractivity contribution in [3.8, 4) is 0 Å². The summed E-state index contributed by atoms with van der Waals surface area (Å²) in [6, 6.07) is 0. The molecule has 0 N–H and O–H groups in total. The van der Waals surface area contributed by atoms with Gasteiger partial charge >= 0.3 is 5.97 Å². The minimum Gasteiger partial charge on any atom is -0.466 e. The number of benzene rings is 2. The quantitative estimate of drug-likeness (QED) is 0.199. The molecule has 0 radical (unpaired) electrons. The normalized spacial score (nSPS) is 11.3. The van der Waals surface area contributed by atoms with Crippen molar-refractivity contribution in [1.82, 2.24) is 0 Å². The first-order chi connectivity index (χ1) is 14.9. The van der Waals surface area contributed by atoms with Crippen LogP contribution in [0.1, 0.15) is 19.8 Å². The fourth-order valence-electron chi connectivity index (χ4n) is 2.79. The molecule has 0 aliphatic carbocycles. The average Bonchev–Trinajstić information content (AvgIpc) is 2.76. The summed E-state index contributed by atoms with van der Waals surface area (Å²) < 4.78 is 143. The van der Waals surface area contributed by atoms with E-state index in [0.29, 0.717) is 5.98 Å². The number of hydrogen-bond acceptors (Lipinski definition) is 2. The van der Waals surface area contributed by atoms with Gasteiger partial charge < -0.3 is 4.74 Å². The second-order valence-corrected chi connectivity index (χ2v) is 6.22. The highest BCUT2D eigenvalue weighted by atomic mass is 19.2. The molecule has 32 heavy (non-hydrogen) atoms. The van der Waals surface area contributed by atoms with Crippen LogP contribution in [0.4, 0.5) is 43.9 Å². The van der Waals surface area contributed by atoms with Gasteiger partial charge in [0.15, 0.2) is 58.2 Å². The molecule has 0 aromatic heterocycles. The van der Waals surface area contributed by atoms with Crippen molar-refractivity contribution >= 4 is 23.6 Å². The maximum atomic E-state index is 14.3. The lowest BCUT2D eigenvalue weighted by Crippen LogP contribution is -2.49. The monoisotopic (exact) mass is 472 g/mol. The molecule has 0 unspecified atom stereocenters. The van der Waals surface area contributed by atoms with E-state index < -0.39 is 81.8 Å². The molecule has 2 aromatic carbocycles. The van der Waals surface area contributed by atoms with E-state index in [0.717, 1.165) is 6.08 Å². The first kappa shape index (κ1) is 25.3. The highest BCUT2D eigenvalue weighted by molar-refractivity contribution is 6.89. The molecule has 172 valence electrons. The first-order valence-electron chi connectivity index (χ1n) is 8.80. The van der Waals surface area contributed by atoms with Crippen molar-refractivity contribution in [2.24, 2.45) is 0 Å². The van der Waals surface area contributed by atoms with Crippen LogP contribution < -0.4 is 10.9 Å². The van der Waals surface area contributed by atoms with E-state index in [1.54, 1.807) is 0 Å². The Morgan fingerprint density at radius 2 is 1.03 bits per heavy atom. The molecule has 2 rings (SSSR count). The van der Waals surface area contributed by atoms with Gasteiger partial charge in [0, 0.05) is 17.3 Å². The van der Waals surface area contributed by atoms with Gasteiger partial charge in [0.2, 0.25) is 6.71 Å². The van der Waals surface area contributed by atoms with Gasteiger partial charge in [-0.3, -0.25) is 4.79 Å². The number of halogens is 10. The van der Waals surface area contributed by atoms with Crippen molar-refractivity contribution in [2.75, 3.05) is 6.61 Å². The average molecular weight is 472 g/mol. The second kappa shape index (κ2) is 10.1. The van der Waals surface area contributed by atoms with Gasteiger partial charge in [-0.1, -0.05) is 6.08 Å².